The van der Waals surface area contributed by atoms with Gasteiger partial charge >= 0.3 is 0 Å². The number of rotatable bonds is 12. The van der Waals surface area contributed by atoms with Crippen LogP contribution in [0.25, 0.3) is 54.6 Å². The average molecular weight is 945 g/mol. The van der Waals surface area contributed by atoms with Crippen molar-refractivity contribution < 1.29 is 0 Å². The van der Waals surface area contributed by atoms with Crippen LogP contribution in [0, 0.1) is 13.8 Å². The molecule has 0 radical (unpaired) electrons. The first-order valence-electron chi connectivity index (χ1n) is 25.4. The Morgan fingerprint density at radius 1 is 0.343 bits per heavy atom. The van der Waals surface area contributed by atoms with E-state index in [1.54, 1.807) is 0 Å². The zero-order valence-corrected chi connectivity index (χ0v) is 45.4. The molecule has 0 aliphatic carbocycles. The van der Waals surface area contributed by atoms with Crippen molar-refractivity contribution in [2.24, 2.45) is 0 Å². The molecule has 10 rings (SSSR count). The van der Waals surface area contributed by atoms with Gasteiger partial charge in [-0.1, -0.05) is 211 Å². The highest BCUT2D eigenvalue weighted by Gasteiger charge is 2.29. The van der Waals surface area contributed by atoms with Gasteiger partial charge in [0, 0.05) is 33.5 Å². The molecule has 0 aromatic heterocycles. The molecular weight excluding hydrogens is 877 g/mol. The molecule has 0 unspecified atom stereocenters. The molecule has 0 spiro atoms. The summed E-state index contributed by atoms with van der Waals surface area (Å²) in [5, 5.41) is 10.8. The lowest BCUT2D eigenvalue weighted by Gasteiger charge is -2.33. The van der Waals surface area contributed by atoms with Gasteiger partial charge in [0.1, 0.15) is 0 Å². The predicted molar refractivity (Wildman–Crippen MR) is 314 cm³/mol. The smallest absolute Gasteiger partial charge is 0.0784 e. The van der Waals surface area contributed by atoms with Crippen LogP contribution in [-0.4, -0.2) is 16.1 Å². The van der Waals surface area contributed by atoms with E-state index in [1.165, 1.54) is 110 Å². The number of hydrogen-bond acceptors (Lipinski definition) is 2. The van der Waals surface area contributed by atoms with Crippen LogP contribution in [-0.2, 0) is 0 Å². The minimum Gasteiger partial charge on any atom is -0.310 e. The van der Waals surface area contributed by atoms with Gasteiger partial charge in [0.2, 0.25) is 0 Å². The Kier molecular flexibility index (Phi) is 12.2. The van der Waals surface area contributed by atoms with Crippen LogP contribution in [0.2, 0.25) is 39.3 Å². The van der Waals surface area contributed by atoms with Crippen molar-refractivity contribution in [3.8, 4) is 22.3 Å². The minimum atomic E-state index is -1.66. The maximum absolute atomic E-state index is 2.56. The predicted octanol–water partition coefficient (Wildman–Crippen LogP) is 18.8. The molecule has 0 aliphatic rings. The van der Waals surface area contributed by atoms with E-state index < -0.39 is 16.1 Å². The summed E-state index contributed by atoms with van der Waals surface area (Å²) in [6.45, 7) is 28.7. The number of benzene rings is 10. The van der Waals surface area contributed by atoms with Gasteiger partial charge in [0.15, 0.2) is 0 Å². The number of nitrogens with zero attached hydrogens (tertiary/aromatic N) is 2. The minimum absolute atomic E-state index is 0.284. The maximum atomic E-state index is 2.56. The molecule has 350 valence electrons. The summed E-state index contributed by atoms with van der Waals surface area (Å²) < 4.78 is 0. The van der Waals surface area contributed by atoms with E-state index in [4.69, 9.17) is 0 Å². The Morgan fingerprint density at radius 3 is 1.04 bits per heavy atom. The Bertz CT molecular complexity index is 3300. The molecule has 2 nitrogen and oxygen atoms in total. The molecule has 0 bridgehead atoms. The van der Waals surface area contributed by atoms with Crippen molar-refractivity contribution in [2.45, 2.75) is 92.7 Å². The zero-order valence-electron chi connectivity index (χ0n) is 43.4. The van der Waals surface area contributed by atoms with E-state index in [-0.39, 0.29) is 11.8 Å². The maximum Gasteiger partial charge on any atom is 0.0784 e. The average Bonchev–Trinajstić information content (AvgIpc) is 3.35. The van der Waals surface area contributed by atoms with Crippen LogP contribution in [0.4, 0.5) is 34.1 Å². The number of hydrogen-bond donors (Lipinski definition) is 0. The molecule has 0 aliphatic heterocycles. The fourth-order valence-electron chi connectivity index (χ4n) is 11.1. The summed E-state index contributed by atoms with van der Waals surface area (Å²) in [7, 11) is -3.31. The summed E-state index contributed by atoms with van der Waals surface area (Å²) in [6.07, 6.45) is 0. The molecule has 0 atom stereocenters. The van der Waals surface area contributed by atoms with E-state index in [1.807, 2.05) is 0 Å². The van der Waals surface area contributed by atoms with Crippen molar-refractivity contribution in [1.29, 1.82) is 0 Å². The molecule has 4 heteroatoms. The fraction of sp³-hybridized carbons (Fsp3) is 0.212. The van der Waals surface area contributed by atoms with Crippen molar-refractivity contribution in [1.82, 2.24) is 0 Å². The van der Waals surface area contributed by atoms with Gasteiger partial charge < -0.3 is 9.80 Å². The van der Waals surface area contributed by atoms with Gasteiger partial charge in [-0.05, 0) is 140 Å². The molecule has 10 aromatic carbocycles. The lowest BCUT2D eigenvalue weighted by Crippen LogP contribution is -2.38. The van der Waals surface area contributed by atoms with Gasteiger partial charge in [0.05, 0.1) is 27.5 Å². The zero-order chi connectivity index (χ0) is 49.2. The van der Waals surface area contributed by atoms with Gasteiger partial charge in [0.25, 0.3) is 0 Å². The van der Waals surface area contributed by atoms with E-state index in [9.17, 15) is 0 Å². The number of anilines is 6. The second-order valence-electron chi connectivity index (χ2n) is 22.3. The third kappa shape index (κ3) is 8.35. The van der Waals surface area contributed by atoms with Crippen LogP contribution in [0.15, 0.2) is 182 Å². The van der Waals surface area contributed by atoms with E-state index >= 15 is 0 Å². The standard InChI is InChI=1S/C66H68N2Si2/c1-43(2)57-41-61(67(49-23-15-13-16-24-49)59-39-47(33-31-45(59)5)51-27-19-21-29-63(51)69(7,8)9)55-38-36-54-58(44(3)4)42-62(56-37-35-53(57)65(55)66(54)56)68(50-25-17-14-18-26-50)60-40-48(34-32-46(60)6)52-28-20-22-30-64(52)70(10,11)12/h13-44H,1-12H3. The Balaban J connectivity index is 1.29. The van der Waals surface area contributed by atoms with E-state index in [2.05, 4.69) is 273 Å². The summed E-state index contributed by atoms with van der Waals surface area (Å²) in [4.78, 5) is 5.11. The summed E-state index contributed by atoms with van der Waals surface area (Å²) in [6, 6.07) is 69.3. The third-order valence-corrected chi connectivity index (χ3v) is 18.8. The van der Waals surface area contributed by atoms with Gasteiger partial charge in [-0.15, -0.1) is 0 Å². The first-order chi connectivity index (χ1) is 33.5. The highest BCUT2D eigenvalue weighted by atomic mass is 28.3. The van der Waals surface area contributed by atoms with E-state index in [0.717, 1.165) is 11.4 Å². The lowest BCUT2D eigenvalue weighted by molar-refractivity contribution is 0.875. The summed E-state index contributed by atoms with van der Waals surface area (Å²) >= 11 is 0. The van der Waals surface area contributed by atoms with Crippen molar-refractivity contribution in [3.05, 3.63) is 204 Å². The molecule has 0 fully saturated rings. The van der Waals surface area contributed by atoms with Crippen molar-refractivity contribution in [2.75, 3.05) is 9.80 Å². The monoisotopic (exact) mass is 944 g/mol. The lowest BCUT2D eigenvalue weighted by atomic mass is 9.84. The molecule has 70 heavy (non-hydrogen) atoms. The Labute approximate surface area is 419 Å². The second-order valence-corrected chi connectivity index (χ2v) is 32.4. The second kappa shape index (κ2) is 18.2. The van der Waals surface area contributed by atoms with Crippen molar-refractivity contribution >= 4 is 93.0 Å². The van der Waals surface area contributed by atoms with Crippen LogP contribution in [0.1, 0.15) is 61.8 Å². The molecule has 0 saturated heterocycles. The molecular formula is C66H68N2Si2. The fourth-order valence-corrected chi connectivity index (χ4v) is 14.4. The van der Waals surface area contributed by atoms with Crippen LogP contribution >= 0.6 is 0 Å². The van der Waals surface area contributed by atoms with Gasteiger partial charge in [-0.25, -0.2) is 0 Å². The summed E-state index contributed by atoms with van der Waals surface area (Å²) in [5.41, 5.74) is 17.5. The van der Waals surface area contributed by atoms with Crippen molar-refractivity contribution in [3.63, 3.8) is 0 Å². The van der Waals surface area contributed by atoms with Gasteiger partial charge in [-0.2, -0.15) is 0 Å². The molecule has 0 amide bonds. The molecule has 0 saturated carbocycles. The SMILES string of the molecule is Cc1ccc(-c2ccccc2[Si](C)(C)C)cc1N(c1ccccc1)c1cc(C(C)C)c2ccc3c(N(c4ccccc4)c4cc(-c5ccccc5[Si](C)(C)C)ccc4C)cc(C(C)C)c4ccc1c2c43. The Morgan fingerprint density at radius 2 is 0.686 bits per heavy atom. The van der Waals surface area contributed by atoms with Crippen LogP contribution < -0.4 is 20.2 Å². The van der Waals surface area contributed by atoms with E-state index in [0.29, 0.717) is 0 Å². The van der Waals surface area contributed by atoms with Crippen LogP contribution in [0.5, 0.6) is 0 Å². The molecule has 10 aromatic rings. The summed E-state index contributed by atoms with van der Waals surface area (Å²) in [5.74, 6) is 0.567. The first-order valence-corrected chi connectivity index (χ1v) is 32.4. The highest BCUT2D eigenvalue weighted by Crippen LogP contribution is 2.52. The highest BCUT2D eigenvalue weighted by molar-refractivity contribution is 6.90. The first kappa shape index (κ1) is 47.0. The normalized spacial score (nSPS) is 12.3. The quantitative estimate of drug-likeness (QED) is 0.0889. The molecule has 0 N–H and O–H groups in total. The third-order valence-electron chi connectivity index (χ3n) is 14.7. The molecule has 0 heterocycles. The largest absolute Gasteiger partial charge is 0.310 e. The number of para-hydroxylation sites is 2. The topological polar surface area (TPSA) is 6.48 Å². The Hall–Kier alpha value is -6.73. The van der Waals surface area contributed by atoms with Crippen LogP contribution in [0.3, 0.4) is 0 Å². The number of aryl methyl sites for hydroxylation is 2. The van der Waals surface area contributed by atoms with Gasteiger partial charge in [-0.3, -0.25) is 0 Å².